The molecule has 132 valence electrons. The molecule has 0 saturated carbocycles. The number of hydrogen-bond donors (Lipinski definition) is 1. The van der Waals surface area contributed by atoms with Gasteiger partial charge in [0.25, 0.3) is 0 Å². The molecule has 0 saturated heterocycles. The number of anilines is 1. The molecular weight excluding hydrogens is 329 g/mol. The van der Waals surface area contributed by atoms with E-state index in [4.69, 9.17) is 5.73 Å². The Bertz CT molecular complexity index is 795. The highest BCUT2D eigenvalue weighted by Crippen LogP contribution is 2.27. The largest absolute Gasteiger partial charge is 0.396 e. The number of rotatable bonds is 5. The molecule has 0 bridgehead atoms. The van der Waals surface area contributed by atoms with Gasteiger partial charge < -0.3 is 5.73 Å². The average Bonchev–Trinajstić information content (AvgIpc) is 2.62. The second-order valence-electron chi connectivity index (χ2n) is 6.91. The number of aryl methyl sites for hydroxylation is 4. The second-order valence-corrected chi connectivity index (χ2v) is 7.89. The zero-order chi connectivity index (χ0) is 17.8. The van der Waals surface area contributed by atoms with Gasteiger partial charge in [-0.3, -0.25) is 0 Å². The third-order valence-corrected chi connectivity index (χ3v) is 5.97. The van der Waals surface area contributed by atoms with Crippen LogP contribution < -0.4 is 5.73 Å². The summed E-state index contributed by atoms with van der Waals surface area (Å²) in [5.41, 5.74) is 13.6. The predicted molar refractivity (Wildman–Crippen MR) is 108 cm³/mol. The molecule has 0 aromatic heterocycles. The van der Waals surface area contributed by atoms with Gasteiger partial charge in [-0.1, -0.05) is 18.2 Å². The van der Waals surface area contributed by atoms with Gasteiger partial charge in [0.2, 0.25) is 0 Å². The van der Waals surface area contributed by atoms with Gasteiger partial charge in [-0.2, -0.15) is 0 Å². The Morgan fingerprint density at radius 2 is 1.92 bits per heavy atom. The molecule has 2 N–H and O–H groups in total. The molecule has 1 aliphatic carbocycles. The highest BCUT2D eigenvalue weighted by molar-refractivity contribution is 8.02. The van der Waals surface area contributed by atoms with Crippen LogP contribution in [-0.4, -0.2) is 5.75 Å². The van der Waals surface area contributed by atoms with Gasteiger partial charge in [0.15, 0.2) is 0 Å². The van der Waals surface area contributed by atoms with Crippen molar-refractivity contribution in [3.05, 3.63) is 69.4 Å². The maximum atomic E-state index is 13.6. The van der Waals surface area contributed by atoms with Crippen molar-refractivity contribution < 1.29 is 4.39 Å². The second kappa shape index (κ2) is 8.09. The molecule has 0 fully saturated rings. The number of nitrogen functional groups attached to an aromatic ring is 1. The number of halogens is 1. The summed E-state index contributed by atoms with van der Waals surface area (Å²) in [6.45, 7) is 4.16. The van der Waals surface area contributed by atoms with Crippen molar-refractivity contribution >= 4 is 23.0 Å². The van der Waals surface area contributed by atoms with Crippen molar-refractivity contribution in [1.82, 2.24) is 0 Å². The number of thioether (sulfide) groups is 1. The van der Waals surface area contributed by atoms with E-state index < -0.39 is 0 Å². The van der Waals surface area contributed by atoms with E-state index in [0.29, 0.717) is 0 Å². The SMILES string of the molecule is C/C(=C\SCCc1cc(F)c(N)cc1C)c1ccc2c(c1)CCCC2. The molecule has 3 heteroatoms. The van der Waals surface area contributed by atoms with Crippen LogP contribution in [0.2, 0.25) is 0 Å². The summed E-state index contributed by atoms with van der Waals surface area (Å²) in [6, 6.07) is 10.2. The van der Waals surface area contributed by atoms with Crippen molar-refractivity contribution in [2.24, 2.45) is 0 Å². The highest BCUT2D eigenvalue weighted by atomic mass is 32.2. The molecule has 0 aliphatic heterocycles. The fourth-order valence-electron chi connectivity index (χ4n) is 3.41. The Labute approximate surface area is 154 Å². The molecule has 1 aliphatic rings. The number of allylic oxidation sites excluding steroid dienone is 1. The number of benzene rings is 2. The molecule has 0 spiro atoms. The van der Waals surface area contributed by atoms with Crippen LogP contribution in [0, 0.1) is 12.7 Å². The van der Waals surface area contributed by atoms with Gasteiger partial charge in [0, 0.05) is 5.75 Å². The Balaban J connectivity index is 1.60. The Morgan fingerprint density at radius 1 is 1.16 bits per heavy atom. The highest BCUT2D eigenvalue weighted by Gasteiger charge is 2.10. The van der Waals surface area contributed by atoms with Crippen LogP contribution in [0.1, 0.15) is 47.6 Å². The summed E-state index contributed by atoms with van der Waals surface area (Å²) < 4.78 is 13.6. The summed E-state index contributed by atoms with van der Waals surface area (Å²) in [5.74, 6) is 0.623. The van der Waals surface area contributed by atoms with Crippen molar-refractivity contribution in [2.45, 2.75) is 46.0 Å². The Kier molecular flexibility index (Phi) is 5.85. The summed E-state index contributed by atoms with van der Waals surface area (Å²) in [6.07, 6.45) is 5.92. The van der Waals surface area contributed by atoms with E-state index in [1.54, 1.807) is 23.9 Å². The molecule has 2 aromatic carbocycles. The van der Waals surface area contributed by atoms with Crippen LogP contribution in [0.3, 0.4) is 0 Å². The zero-order valence-electron chi connectivity index (χ0n) is 15.1. The molecule has 25 heavy (non-hydrogen) atoms. The quantitative estimate of drug-likeness (QED) is 0.531. The summed E-state index contributed by atoms with van der Waals surface area (Å²) in [5, 5.41) is 2.23. The third-order valence-electron chi connectivity index (χ3n) is 5.01. The minimum Gasteiger partial charge on any atom is -0.396 e. The van der Waals surface area contributed by atoms with E-state index >= 15 is 0 Å². The van der Waals surface area contributed by atoms with Crippen LogP contribution in [0.25, 0.3) is 5.57 Å². The van der Waals surface area contributed by atoms with Crippen LogP contribution in [-0.2, 0) is 19.3 Å². The van der Waals surface area contributed by atoms with Gasteiger partial charge >= 0.3 is 0 Å². The molecule has 0 atom stereocenters. The van der Waals surface area contributed by atoms with Gasteiger partial charge in [-0.05, 0) is 96.9 Å². The first-order valence-corrected chi connectivity index (χ1v) is 10.0. The van der Waals surface area contributed by atoms with Gasteiger partial charge in [0.05, 0.1) is 5.69 Å². The van der Waals surface area contributed by atoms with E-state index in [-0.39, 0.29) is 11.5 Å². The van der Waals surface area contributed by atoms with Crippen LogP contribution >= 0.6 is 11.8 Å². The average molecular weight is 356 g/mol. The minimum atomic E-state index is -0.314. The predicted octanol–water partition coefficient (Wildman–Crippen LogP) is 5.93. The molecular formula is C22H26FNS. The smallest absolute Gasteiger partial charge is 0.146 e. The standard InChI is InChI=1S/C22H26FNS/c1-15-11-22(24)21(23)13-19(15)9-10-25-14-16(2)18-8-7-17-5-3-4-6-20(17)12-18/h7-8,11-14H,3-6,9-10,24H2,1-2H3/b16-14+. The normalized spacial score (nSPS) is 14.4. The monoisotopic (exact) mass is 355 g/mol. The minimum absolute atomic E-state index is 0.233. The molecule has 3 rings (SSSR count). The van der Waals surface area contributed by atoms with Crippen molar-refractivity contribution in [3.63, 3.8) is 0 Å². The molecule has 0 radical (unpaired) electrons. The number of fused-ring (bicyclic) bond motifs is 1. The summed E-state index contributed by atoms with van der Waals surface area (Å²) >= 11 is 1.79. The Morgan fingerprint density at radius 3 is 2.72 bits per heavy atom. The van der Waals surface area contributed by atoms with E-state index in [1.165, 1.54) is 47.9 Å². The van der Waals surface area contributed by atoms with Crippen molar-refractivity contribution in [2.75, 3.05) is 11.5 Å². The van der Waals surface area contributed by atoms with Crippen molar-refractivity contribution in [1.29, 1.82) is 0 Å². The number of hydrogen-bond acceptors (Lipinski definition) is 2. The maximum Gasteiger partial charge on any atom is 0.146 e. The first kappa shape index (κ1) is 18.1. The lowest BCUT2D eigenvalue weighted by Crippen LogP contribution is -2.02. The lowest BCUT2D eigenvalue weighted by atomic mass is 9.89. The molecule has 2 aromatic rings. The lowest BCUT2D eigenvalue weighted by molar-refractivity contribution is 0.630. The molecule has 0 heterocycles. The topological polar surface area (TPSA) is 26.0 Å². The van der Waals surface area contributed by atoms with E-state index in [2.05, 4.69) is 30.5 Å². The fraction of sp³-hybridized carbons (Fsp3) is 0.364. The van der Waals surface area contributed by atoms with E-state index in [1.807, 2.05) is 6.92 Å². The van der Waals surface area contributed by atoms with Crippen LogP contribution in [0.5, 0.6) is 0 Å². The van der Waals surface area contributed by atoms with Crippen molar-refractivity contribution in [3.8, 4) is 0 Å². The first-order chi connectivity index (χ1) is 12.0. The Hall–Kier alpha value is -1.74. The van der Waals surface area contributed by atoms with Crippen LogP contribution in [0.15, 0.2) is 35.7 Å². The molecule has 1 nitrogen and oxygen atoms in total. The first-order valence-electron chi connectivity index (χ1n) is 8.99. The molecule has 0 unspecified atom stereocenters. The van der Waals surface area contributed by atoms with E-state index in [0.717, 1.165) is 23.3 Å². The van der Waals surface area contributed by atoms with E-state index in [9.17, 15) is 4.39 Å². The third kappa shape index (κ3) is 4.46. The maximum absolute atomic E-state index is 13.6. The molecule has 0 amide bonds. The van der Waals surface area contributed by atoms with Gasteiger partial charge in [-0.25, -0.2) is 4.39 Å². The zero-order valence-corrected chi connectivity index (χ0v) is 15.9. The summed E-state index contributed by atoms with van der Waals surface area (Å²) in [4.78, 5) is 0. The lowest BCUT2D eigenvalue weighted by Gasteiger charge is -2.16. The fourth-order valence-corrected chi connectivity index (χ4v) is 4.26. The summed E-state index contributed by atoms with van der Waals surface area (Å²) in [7, 11) is 0. The van der Waals surface area contributed by atoms with Crippen LogP contribution in [0.4, 0.5) is 10.1 Å². The number of nitrogens with two attached hydrogens (primary N) is 1. The van der Waals surface area contributed by atoms with Gasteiger partial charge in [-0.15, -0.1) is 11.8 Å². The van der Waals surface area contributed by atoms with Gasteiger partial charge in [0.1, 0.15) is 5.82 Å².